The summed E-state index contributed by atoms with van der Waals surface area (Å²) in [6.45, 7) is 7.16. The van der Waals surface area contributed by atoms with Gasteiger partial charge in [0, 0.05) is 21.5 Å². The van der Waals surface area contributed by atoms with Crippen LogP contribution in [0, 0.1) is 0 Å². The molecule has 0 spiro atoms. The molecule has 3 nitrogen and oxygen atoms in total. The number of hydrogen-bond acceptors (Lipinski definition) is 4. The second-order valence-corrected chi connectivity index (χ2v) is 7.15. The first-order valence-electron chi connectivity index (χ1n) is 6.05. The number of methoxy groups -OCH3 is 1. The van der Waals surface area contributed by atoms with Gasteiger partial charge in [0.15, 0.2) is 0 Å². The van der Waals surface area contributed by atoms with Crippen molar-refractivity contribution in [1.82, 2.24) is 5.32 Å². The van der Waals surface area contributed by atoms with E-state index in [1.54, 1.807) is 0 Å². The third-order valence-corrected chi connectivity index (χ3v) is 3.99. The first-order chi connectivity index (χ1) is 8.81. The summed E-state index contributed by atoms with van der Waals surface area (Å²) in [6.07, 6.45) is 0. The van der Waals surface area contributed by atoms with Crippen molar-refractivity contribution in [3.63, 3.8) is 0 Å². The Kier molecular flexibility index (Phi) is 6.36. The van der Waals surface area contributed by atoms with E-state index in [1.807, 2.05) is 12.1 Å². The second kappa shape index (κ2) is 7.31. The maximum atomic E-state index is 11.2. The Morgan fingerprint density at radius 1 is 1.42 bits per heavy atom. The fraction of sp³-hybridized carbons (Fsp3) is 0.500. The highest BCUT2D eigenvalue weighted by molar-refractivity contribution is 9.10. The van der Waals surface area contributed by atoms with E-state index >= 15 is 0 Å². The Balaban J connectivity index is 2.76. The zero-order valence-corrected chi connectivity index (χ0v) is 14.2. The minimum Gasteiger partial charge on any atom is -0.468 e. The molecule has 5 heteroatoms. The zero-order valence-electron chi connectivity index (χ0n) is 11.7. The Labute approximate surface area is 127 Å². The van der Waals surface area contributed by atoms with Gasteiger partial charge in [0.1, 0.15) is 0 Å². The molecule has 0 aliphatic rings. The average molecular weight is 346 g/mol. The summed E-state index contributed by atoms with van der Waals surface area (Å²) in [4.78, 5) is 12.3. The van der Waals surface area contributed by atoms with Crippen molar-refractivity contribution in [1.29, 1.82) is 0 Å². The molecule has 1 aromatic rings. The van der Waals surface area contributed by atoms with Crippen LogP contribution in [0.15, 0.2) is 27.6 Å². The van der Waals surface area contributed by atoms with Crippen LogP contribution in [0.25, 0.3) is 0 Å². The minimum atomic E-state index is -0.206. The Morgan fingerprint density at radius 2 is 2.11 bits per heavy atom. The molecule has 0 saturated heterocycles. The predicted molar refractivity (Wildman–Crippen MR) is 83.5 cm³/mol. The molecule has 1 rings (SSSR count). The normalized spacial score (nSPS) is 11.4. The lowest BCUT2D eigenvalue weighted by atomic mass is 10.1. The molecular formula is C14H20BrNO2S. The van der Waals surface area contributed by atoms with Crippen LogP contribution in [0.3, 0.4) is 0 Å². The number of carbonyl (C=O) groups is 1. The van der Waals surface area contributed by atoms with Gasteiger partial charge in [-0.15, -0.1) is 11.8 Å². The van der Waals surface area contributed by atoms with E-state index in [4.69, 9.17) is 0 Å². The van der Waals surface area contributed by atoms with Crippen LogP contribution in [0.1, 0.15) is 26.3 Å². The van der Waals surface area contributed by atoms with Crippen molar-refractivity contribution in [3.05, 3.63) is 28.2 Å². The summed E-state index contributed by atoms with van der Waals surface area (Å²) in [7, 11) is 1.41. The van der Waals surface area contributed by atoms with Crippen molar-refractivity contribution in [2.75, 3.05) is 12.9 Å². The van der Waals surface area contributed by atoms with Gasteiger partial charge >= 0.3 is 5.97 Å². The molecule has 0 atom stereocenters. The fourth-order valence-corrected chi connectivity index (χ4v) is 2.66. The van der Waals surface area contributed by atoms with Gasteiger partial charge in [-0.2, -0.15) is 0 Å². The van der Waals surface area contributed by atoms with Crippen LogP contribution in [0.4, 0.5) is 0 Å². The summed E-state index contributed by atoms with van der Waals surface area (Å²) >= 11 is 4.99. The molecule has 0 radical (unpaired) electrons. The Bertz CT molecular complexity index is 444. The SMILES string of the molecule is COC(=O)CSc1ccc(Br)cc1CNC(C)(C)C. The Hall–Kier alpha value is -0.520. The van der Waals surface area contributed by atoms with E-state index in [9.17, 15) is 4.79 Å². The summed E-state index contributed by atoms with van der Waals surface area (Å²) in [5.74, 6) is 0.128. The minimum absolute atomic E-state index is 0.0621. The maximum Gasteiger partial charge on any atom is 0.315 e. The highest BCUT2D eigenvalue weighted by atomic mass is 79.9. The number of carbonyl (C=O) groups excluding carboxylic acids is 1. The number of esters is 1. The number of thioether (sulfide) groups is 1. The predicted octanol–water partition coefficient (Wildman–Crippen LogP) is 3.60. The third-order valence-electron chi connectivity index (χ3n) is 2.40. The fourth-order valence-electron chi connectivity index (χ4n) is 1.38. The summed E-state index contributed by atoms with van der Waals surface area (Å²) < 4.78 is 5.71. The van der Waals surface area contributed by atoms with Gasteiger partial charge in [-0.3, -0.25) is 4.79 Å². The molecule has 0 saturated carbocycles. The first kappa shape index (κ1) is 16.5. The number of nitrogens with one attached hydrogen (secondary N) is 1. The van der Waals surface area contributed by atoms with Gasteiger partial charge in [0.25, 0.3) is 0 Å². The van der Waals surface area contributed by atoms with Crippen LogP contribution >= 0.6 is 27.7 Å². The number of ether oxygens (including phenoxy) is 1. The second-order valence-electron chi connectivity index (χ2n) is 5.22. The summed E-state index contributed by atoms with van der Waals surface area (Å²) in [5, 5.41) is 3.46. The molecule has 0 aliphatic heterocycles. The number of hydrogen-bond donors (Lipinski definition) is 1. The van der Waals surface area contributed by atoms with Crippen LogP contribution in [0.5, 0.6) is 0 Å². The molecule has 0 unspecified atom stereocenters. The number of rotatable bonds is 5. The van der Waals surface area contributed by atoms with Gasteiger partial charge in [0.2, 0.25) is 0 Å². The lowest BCUT2D eigenvalue weighted by Crippen LogP contribution is -2.35. The van der Waals surface area contributed by atoms with E-state index in [2.05, 4.69) is 52.8 Å². The van der Waals surface area contributed by atoms with Crippen molar-refractivity contribution in [3.8, 4) is 0 Å². The zero-order chi connectivity index (χ0) is 14.5. The number of benzene rings is 1. The van der Waals surface area contributed by atoms with Gasteiger partial charge in [-0.05, 0) is 44.5 Å². The van der Waals surface area contributed by atoms with Crippen LogP contribution in [-0.2, 0) is 16.1 Å². The van der Waals surface area contributed by atoms with Gasteiger partial charge < -0.3 is 10.1 Å². The van der Waals surface area contributed by atoms with Crippen molar-refractivity contribution in [2.24, 2.45) is 0 Å². The van der Waals surface area contributed by atoms with Crippen LogP contribution in [0.2, 0.25) is 0 Å². The average Bonchev–Trinajstić information content (AvgIpc) is 2.33. The molecule has 1 N–H and O–H groups in total. The molecule has 0 aliphatic carbocycles. The smallest absolute Gasteiger partial charge is 0.315 e. The van der Waals surface area contributed by atoms with Crippen molar-refractivity contribution >= 4 is 33.7 Å². The van der Waals surface area contributed by atoms with Gasteiger partial charge in [0.05, 0.1) is 12.9 Å². The number of halogens is 1. The third kappa shape index (κ3) is 6.45. The van der Waals surface area contributed by atoms with Crippen LogP contribution < -0.4 is 5.32 Å². The maximum absolute atomic E-state index is 11.2. The standard InChI is InChI=1S/C14H20BrNO2S/c1-14(2,3)16-8-10-7-11(15)5-6-12(10)19-9-13(17)18-4/h5-7,16H,8-9H2,1-4H3. The first-order valence-corrected chi connectivity index (χ1v) is 7.83. The van der Waals surface area contributed by atoms with E-state index in [0.29, 0.717) is 5.75 Å². The van der Waals surface area contributed by atoms with E-state index in [-0.39, 0.29) is 11.5 Å². The Morgan fingerprint density at radius 3 is 2.68 bits per heavy atom. The molecular weight excluding hydrogens is 326 g/mol. The van der Waals surface area contributed by atoms with E-state index < -0.39 is 0 Å². The van der Waals surface area contributed by atoms with Crippen LogP contribution in [-0.4, -0.2) is 24.4 Å². The van der Waals surface area contributed by atoms with Crippen molar-refractivity contribution < 1.29 is 9.53 Å². The summed E-state index contributed by atoms with van der Waals surface area (Å²) in [6, 6.07) is 6.09. The highest BCUT2D eigenvalue weighted by Gasteiger charge is 2.12. The quantitative estimate of drug-likeness (QED) is 0.653. The molecule has 1 aromatic carbocycles. The highest BCUT2D eigenvalue weighted by Crippen LogP contribution is 2.26. The molecule has 0 fully saturated rings. The molecule has 0 heterocycles. The molecule has 0 bridgehead atoms. The summed E-state index contributed by atoms with van der Waals surface area (Å²) in [5.41, 5.74) is 1.24. The lowest BCUT2D eigenvalue weighted by Gasteiger charge is -2.21. The van der Waals surface area contributed by atoms with Crippen molar-refractivity contribution in [2.45, 2.75) is 37.8 Å². The molecule has 0 amide bonds. The lowest BCUT2D eigenvalue weighted by molar-refractivity contribution is -0.137. The monoisotopic (exact) mass is 345 g/mol. The topological polar surface area (TPSA) is 38.3 Å². The van der Waals surface area contributed by atoms with E-state index in [1.165, 1.54) is 24.4 Å². The van der Waals surface area contributed by atoms with Gasteiger partial charge in [-0.25, -0.2) is 0 Å². The molecule has 106 valence electrons. The largest absolute Gasteiger partial charge is 0.468 e. The van der Waals surface area contributed by atoms with E-state index in [0.717, 1.165) is 15.9 Å². The molecule has 0 aromatic heterocycles. The molecule has 19 heavy (non-hydrogen) atoms. The van der Waals surface area contributed by atoms with Gasteiger partial charge in [-0.1, -0.05) is 15.9 Å².